The van der Waals surface area contributed by atoms with E-state index in [1.54, 1.807) is 24.8 Å². The van der Waals surface area contributed by atoms with Gasteiger partial charge in [-0.05, 0) is 52.0 Å². The van der Waals surface area contributed by atoms with Crippen molar-refractivity contribution in [3.63, 3.8) is 0 Å². The molecule has 4 aromatic rings. The van der Waals surface area contributed by atoms with E-state index in [0.29, 0.717) is 0 Å². The first-order chi connectivity index (χ1) is 14.4. The number of rotatable bonds is 0. The molecule has 4 rings (SSSR count). The van der Waals surface area contributed by atoms with Crippen molar-refractivity contribution in [1.29, 1.82) is 0 Å². The molecule has 0 bridgehead atoms. The minimum Gasteiger partial charge on any atom is -0.373 e. The Morgan fingerprint density at radius 2 is 0.677 bits per heavy atom. The summed E-state index contributed by atoms with van der Waals surface area (Å²) in [5, 5.41) is 25.8. The molecule has 31 heavy (non-hydrogen) atoms. The molecule has 0 aliphatic rings. The molecule has 0 saturated carbocycles. The molecule has 15 heteroatoms. The maximum atomic E-state index is 6.75. The van der Waals surface area contributed by atoms with E-state index in [1.165, 1.54) is 9.82 Å². The Morgan fingerprint density at radius 1 is 0.516 bits per heavy atom. The third-order valence-corrected chi connectivity index (χ3v) is 2.56. The average Bonchev–Trinajstić information content (AvgIpc) is 3.49. The maximum Gasteiger partial charge on any atom is 2.00 e. The van der Waals surface area contributed by atoms with E-state index >= 15 is 0 Å². The first-order valence-electron chi connectivity index (χ1n) is 8.22. The molecule has 4 aromatic heterocycles. The van der Waals surface area contributed by atoms with Crippen molar-refractivity contribution in [1.82, 2.24) is 40.8 Å². The van der Waals surface area contributed by atoms with E-state index in [4.69, 9.17) is 22.1 Å². The molecule has 0 fully saturated rings. The van der Waals surface area contributed by atoms with E-state index in [0.717, 1.165) is 22.8 Å². The Bertz CT molecular complexity index is 730. The van der Waals surface area contributed by atoms with Gasteiger partial charge >= 0.3 is 17.1 Å². The van der Waals surface area contributed by atoms with Crippen molar-refractivity contribution in [2.24, 2.45) is 0 Å². The third-order valence-electron chi connectivity index (χ3n) is 2.56. The van der Waals surface area contributed by atoms with Crippen LogP contribution in [0.1, 0.15) is 22.8 Å². The fourth-order valence-corrected chi connectivity index (χ4v) is 1.30. The predicted molar refractivity (Wildman–Crippen MR) is 113 cm³/mol. The Kier molecular flexibility index (Phi) is 24.5. The van der Waals surface area contributed by atoms with E-state index in [9.17, 15) is 0 Å². The van der Waals surface area contributed by atoms with Crippen molar-refractivity contribution in [2.75, 3.05) is 0 Å². The summed E-state index contributed by atoms with van der Waals surface area (Å²) < 4.78 is 0. The van der Waals surface area contributed by atoms with Gasteiger partial charge in [-0.2, -0.15) is 20.4 Å². The minimum atomic E-state index is 0. The van der Waals surface area contributed by atoms with Crippen LogP contribution >= 0.6 is 0 Å². The summed E-state index contributed by atoms with van der Waals surface area (Å²) >= 11 is 0. The molecular formula is C16H24MnN14. The van der Waals surface area contributed by atoms with Crippen molar-refractivity contribution in [2.45, 2.75) is 27.7 Å². The van der Waals surface area contributed by atoms with Gasteiger partial charge in [-0.3, -0.25) is 30.2 Å². The van der Waals surface area contributed by atoms with Crippen LogP contribution in [0.5, 0.6) is 0 Å². The fraction of sp³-hybridized carbons (Fsp3) is 0.250. The van der Waals surface area contributed by atoms with Gasteiger partial charge < -0.3 is 22.1 Å². The number of nitrogens with one attached hydrogen (secondary N) is 4. The number of aromatic amines is 4. The average molecular weight is 467 g/mol. The quantitative estimate of drug-likeness (QED) is 0.125. The Balaban J connectivity index is -0.000000309. The van der Waals surface area contributed by atoms with E-state index < -0.39 is 0 Å². The van der Waals surface area contributed by atoms with Crippen molar-refractivity contribution < 1.29 is 17.1 Å². The monoisotopic (exact) mass is 467 g/mol. The summed E-state index contributed by atoms with van der Waals surface area (Å²) in [6.07, 6.45) is 6.93. The first-order valence-corrected chi connectivity index (χ1v) is 8.22. The predicted octanol–water partition coefficient (Wildman–Crippen LogP) is 4.60. The summed E-state index contributed by atoms with van der Waals surface area (Å²) in [4.78, 5) is 3.00. The molecule has 0 aromatic carbocycles. The molecule has 0 spiro atoms. The normalized spacial score (nSPS) is 7.35. The van der Waals surface area contributed by atoms with Crippen molar-refractivity contribution in [3.8, 4) is 0 Å². The molecule has 4 heterocycles. The van der Waals surface area contributed by atoms with Crippen LogP contribution in [0.15, 0.2) is 49.1 Å². The van der Waals surface area contributed by atoms with Crippen LogP contribution in [0.2, 0.25) is 0 Å². The van der Waals surface area contributed by atoms with Gasteiger partial charge in [0.25, 0.3) is 0 Å². The van der Waals surface area contributed by atoms with Crippen molar-refractivity contribution >= 4 is 0 Å². The van der Waals surface area contributed by atoms with Gasteiger partial charge in [0.1, 0.15) is 0 Å². The second-order valence-electron chi connectivity index (χ2n) is 5.14. The van der Waals surface area contributed by atoms with Crippen LogP contribution in [-0.2, 0) is 17.1 Å². The summed E-state index contributed by atoms with van der Waals surface area (Å²) in [5.74, 6) is 0. The molecule has 1 radical (unpaired) electrons. The van der Waals surface area contributed by atoms with Gasteiger partial charge in [0.2, 0.25) is 0 Å². The first kappa shape index (κ1) is 31.7. The molecular weight excluding hydrogens is 443 g/mol. The fourth-order valence-electron chi connectivity index (χ4n) is 1.30. The minimum absolute atomic E-state index is 0. The molecule has 0 aliphatic heterocycles. The van der Waals surface area contributed by atoms with E-state index in [1.807, 2.05) is 52.0 Å². The molecule has 0 saturated heterocycles. The van der Waals surface area contributed by atoms with Gasteiger partial charge in [-0.15, -0.1) is 0 Å². The van der Waals surface area contributed by atoms with Gasteiger partial charge in [0.05, 0.1) is 0 Å². The summed E-state index contributed by atoms with van der Waals surface area (Å²) in [6.45, 7) is 7.86. The zero-order chi connectivity index (χ0) is 23.0. The standard InChI is InChI=1S/4C4H6N2.Mn.2N3/c4*1-4-2-3-5-6-4;;2*1-3-2/h4*2-3H,1H3,(H,5,6);;;/q;;;;+2;2*-1. The van der Waals surface area contributed by atoms with E-state index in [-0.39, 0.29) is 17.1 Å². The number of aromatic nitrogens is 8. The SMILES string of the molecule is Cc1ccn[nH]1.Cc1ccn[nH]1.Cc1ccn[nH]1.Cc1ccn[nH]1.[Mn+2].[N-]=[N+]=[N-].[N-]=[N+]=[N-]. The topological polar surface area (TPSA) is 232 Å². The summed E-state index contributed by atoms with van der Waals surface area (Å²) in [7, 11) is 0. The Morgan fingerprint density at radius 3 is 0.710 bits per heavy atom. The van der Waals surface area contributed by atoms with Gasteiger partial charge in [-0.1, -0.05) is 0 Å². The number of nitrogens with zero attached hydrogens (tertiary/aromatic N) is 10. The molecule has 14 nitrogen and oxygen atoms in total. The number of H-pyrrole nitrogens is 4. The second-order valence-corrected chi connectivity index (χ2v) is 5.14. The Labute approximate surface area is 189 Å². The maximum absolute atomic E-state index is 6.75. The molecule has 4 N–H and O–H groups in total. The second kappa shape index (κ2) is 24.0. The molecule has 0 atom stereocenters. The van der Waals surface area contributed by atoms with Crippen molar-refractivity contribution in [3.05, 3.63) is 104 Å². The van der Waals surface area contributed by atoms with E-state index in [2.05, 4.69) is 40.8 Å². The summed E-state index contributed by atoms with van der Waals surface area (Å²) in [5.41, 5.74) is 31.4. The molecule has 0 unspecified atom stereocenters. The zero-order valence-electron chi connectivity index (χ0n) is 17.5. The zero-order valence-corrected chi connectivity index (χ0v) is 18.6. The largest absolute Gasteiger partial charge is 2.00 e. The third kappa shape index (κ3) is 26.0. The number of hydrogen-bond donors (Lipinski definition) is 4. The Hall–Kier alpha value is -4.02. The smallest absolute Gasteiger partial charge is 0.373 e. The van der Waals surface area contributed by atoms with Crippen LogP contribution < -0.4 is 0 Å². The van der Waals surface area contributed by atoms with Gasteiger partial charge in [0.15, 0.2) is 0 Å². The van der Waals surface area contributed by atoms with Crippen LogP contribution in [0.4, 0.5) is 0 Å². The van der Waals surface area contributed by atoms with Gasteiger partial charge in [-0.25, -0.2) is 0 Å². The van der Waals surface area contributed by atoms with Crippen LogP contribution in [0, 0.1) is 27.7 Å². The van der Waals surface area contributed by atoms with Gasteiger partial charge in [0, 0.05) is 47.6 Å². The molecule has 165 valence electrons. The van der Waals surface area contributed by atoms with Crippen LogP contribution in [0.25, 0.3) is 31.9 Å². The molecule has 0 amide bonds. The molecule has 0 aliphatic carbocycles. The van der Waals surface area contributed by atoms with Crippen LogP contribution in [0.3, 0.4) is 0 Å². The summed E-state index contributed by atoms with van der Waals surface area (Å²) in [6, 6.07) is 7.67. The van der Waals surface area contributed by atoms with Crippen LogP contribution in [-0.4, -0.2) is 40.8 Å². The number of aryl methyl sites for hydroxylation is 4. The number of hydrogen-bond acceptors (Lipinski definition) is 4.